The molecule has 0 saturated carbocycles. The minimum Gasteiger partial charge on any atom is -0.492 e. The average Bonchev–Trinajstić information content (AvgIpc) is 3.93. The van der Waals surface area contributed by atoms with Gasteiger partial charge in [0.15, 0.2) is 5.82 Å². The Morgan fingerprint density at radius 1 is 0.794 bits per heavy atom. The highest BCUT2D eigenvalue weighted by molar-refractivity contribution is 5.97. The SMILES string of the molecule is CCC1=C(c2ccc(OCCN3CCOCC3)c(C(CCNc3nc(-c4ccc(N5CCN(C)CC5)cc4)nc4c3CCNC4)N3CCCC3)c2)N=C2CCNCC2N1CCCN1CCOCC1. The Kier molecular flexibility index (Phi) is 16.2. The largest absolute Gasteiger partial charge is 0.492 e. The number of ether oxygens (including phenoxy) is 3. The van der Waals surface area contributed by atoms with Gasteiger partial charge in [-0.3, -0.25) is 19.7 Å². The van der Waals surface area contributed by atoms with Gasteiger partial charge in [-0.25, -0.2) is 9.97 Å². The van der Waals surface area contributed by atoms with Crippen LogP contribution in [0.25, 0.3) is 17.1 Å². The Bertz CT molecular complexity index is 2180. The molecule has 0 aliphatic carbocycles. The highest BCUT2D eigenvalue weighted by Gasteiger charge is 2.34. The molecule has 1 aromatic heterocycles. The van der Waals surface area contributed by atoms with E-state index >= 15 is 0 Å². The fraction of sp³-hybridized carbons (Fsp3) is 0.642. The molecule has 2 aromatic carbocycles. The summed E-state index contributed by atoms with van der Waals surface area (Å²) in [6, 6.07) is 16.4. The predicted octanol–water partition coefficient (Wildman–Crippen LogP) is 4.81. The zero-order chi connectivity index (χ0) is 46.1. The third-order valence-electron chi connectivity index (χ3n) is 15.5. The van der Waals surface area contributed by atoms with Crippen molar-refractivity contribution in [2.45, 2.75) is 70.5 Å². The normalized spacial score (nSPS) is 22.8. The van der Waals surface area contributed by atoms with Crippen molar-refractivity contribution in [2.75, 3.05) is 162 Å². The van der Waals surface area contributed by atoms with Gasteiger partial charge in [0, 0.05) is 150 Å². The third-order valence-corrected chi connectivity index (χ3v) is 15.5. The summed E-state index contributed by atoms with van der Waals surface area (Å²) in [5.74, 6) is 2.77. The van der Waals surface area contributed by atoms with Gasteiger partial charge >= 0.3 is 0 Å². The summed E-state index contributed by atoms with van der Waals surface area (Å²) in [6.07, 6.45) is 7.32. The number of anilines is 2. The smallest absolute Gasteiger partial charge is 0.161 e. The number of morpholine rings is 2. The van der Waals surface area contributed by atoms with Crippen LogP contribution in [0.15, 0.2) is 53.2 Å². The number of piperazine rings is 1. The summed E-state index contributed by atoms with van der Waals surface area (Å²) in [5.41, 5.74) is 11.0. The Morgan fingerprint density at radius 2 is 1.53 bits per heavy atom. The Morgan fingerprint density at radius 3 is 2.29 bits per heavy atom. The third kappa shape index (κ3) is 11.4. The fourth-order valence-corrected chi connectivity index (χ4v) is 11.5. The first-order chi connectivity index (χ1) is 33.6. The first kappa shape index (κ1) is 47.5. The van der Waals surface area contributed by atoms with Crippen LogP contribution in [0.1, 0.15) is 73.9 Å². The van der Waals surface area contributed by atoms with Gasteiger partial charge in [0.05, 0.1) is 43.9 Å². The van der Waals surface area contributed by atoms with Gasteiger partial charge in [0.25, 0.3) is 0 Å². The highest BCUT2D eigenvalue weighted by Crippen LogP contribution is 2.40. The van der Waals surface area contributed by atoms with E-state index in [-0.39, 0.29) is 6.04 Å². The number of nitrogens with zero attached hydrogens (tertiary/aromatic N) is 9. The zero-order valence-electron chi connectivity index (χ0n) is 41.2. The molecule has 0 amide bonds. The number of fused-ring (bicyclic) bond motifs is 2. The fourth-order valence-electron chi connectivity index (χ4n) is 11.5. The summed E-state index contributed by atoms with van der Waals surface area (Å²) in [5, 5.41) is 11.2. The molecule has 5 saturated heterocycles. The number of aromatic nitrogens is 2. The number of rotatable bonds is 18. The number of benzene rings is 2. The molecule has 8 heterocycles. The Hall–Kier alpha value is -4.19. The maximum absolute atomic E-state index is 6.90. The molecule has 15 heteroatoms. The number of likely N-dealkylation sites (tertiary alicyclic amines) is 1. The summed E-state index contributed by atoms with van der Waals surface area (Å²) in [7, 11) is 2.21. The van der Waals surface area contributed by atoms with Crippen LogP contribution < -0.4 is 25.6 Å². The number of hydrogen-bond donors (Lipinski definition) is 3. The molecular formula is C53H78N12O3. The number of aliphatic imine (C=N–C) groups is 1. The summed E-state index contributed by atoms with van der Waals surface area (Å²) >= 11 is 0. The van der Waals surface area contributed by atoms with Crippen LogP contribution in [0.5, 0.6) is 5.75 Å². The lowest BCUT2D eigenvalue weighted by molar-refractivity contribution is 0.0321. The first-order valence-electron chi connectivity index (χ1n) is 26.4. The van der Waals surface area contributed by atoms with E-state index in [1.165, 1.54) is 46.6 Å². The molecule has 10 rings (SSSR count). The molecule has 68 heavy (non-hydrogen) atoms. The monoisotopic (exact) mass is 931 g/mol. The van der Waals surface area contributed by atoms with Crippen LogP contribution in [0.3, 0.4) is 0 Å². The van der Waals surface area contributed by atoms with E-state index in [1.54, 1.807) is 0 Å². The summed E-state index contributed by atoms with van der Waals surface area (Å²) in [4.78, 5) is 31.4. The second-order valence-corrected chi connectivity index (χ2v) is 19.8. The topological polar surface area (TPSA) is 121 Å². The minimum atomic E-state index is 0.169. The lowest BCUT2D eigenvalue weighted by Gasteiger charge is -2.42. The maximum Gasteiger partial charge on any atom is 0.161 e. The first-order valence-corrected chi connectivity index (χ1v) is 26.4. The Labute approximate surface area is 405 Å². The van der Waals surface area contributed by atoms with Crippen molar-refractivity contribution < 1.29 is 14.2 Å². The molecule has 3 aromatic rings. The number of allylic oxidation sites excluding steroid dienone is 1. The number of piperidine rings is 1. The van der Waals surface area contributed by atoms with Crippen molar-refractivity contribution in [3.05, 3.63) is 70.5 Å². The van der Waals surface area contributed by atoms with E-state index in [2.05, 4.69) is 102 Å². The van der Waals surface area contributed by atoms with Gasteiger partial charge in [-0.05, 0) is 108 Å². The van der Waals surface area contributed by atoms with Gasteiger partial charge in [0.2, 0.25) is 0 Å². The van der Waals surface area contributed by atoms with Crippen molar-refractivity contribution in [2.24, 2.45) is 4.99 Å². The van der Waals surface area contributed by atoms with Crippen molar-refractivity contribution in [1.82, 2.24) is 45.1 Å². The standard InChI is InChI=1S/C53H78N12O3/c1-3-47-51(57-45-14-17-55-39-49(45)65(47)22-6-19-61-27-32-66-33-28-61)41-9-12-50(68-36-31-62-29-34-67-35-30-62)44(37-41)48(64-20-4-5-21-64)15-18-56-53-43-13-16-54-38-46(43)58-52(59-53)40-7-10-42(11-8-40)63-25-23-60(2)24-26-63/h7-12,37,48-49,54-55H,3-6,13-36,38-39H2,1-2H3,(H,56,58,59). The van der Waals surface area contributed by atoms with Gasteiger partial charge in [-0.15, -0.1) is 0 Å². The van der Waals surface area contributed by atoms with Crippen LogP contribution in [0.4, 0.5) is 11.5 Å². The molecule has 2 atom stereocenters. The highest BCUT2D eigenvalue weighted by atomic mass is 16.5. The van der Waals surface area contributed by atoms with E-state index in [9.17, 15) is 0 Å². The van der Waals surface area contributed by atoms with Crippen molar-refractivity contribution in [3.63, 3.8) is 0 Å². The van der Waals surface area contributed by atoms with Crippen LogP contribution in [-0.2, 0) is 22.4 Å². The van der Waals surface area contributed by atoms with E-state index in [0.717, 1.165) is 211 Å². The molecule has 0 radical (unpaired) electrons. The summed E-state index contributed by atoms with van der Waals surface area (Å²) in [6.45, 7) is 24.1. The molecule has 15 nitrogen and oxygen atoms in total. The molecule has 7 aliphatic heterocycles. The van der Waals surface area contributed by atoms with Crippen LogP contribution in [-0.4, -0.2) is 198 Å². The number of nitrogens with one attached hydrogen (secondary N) is 3. The Balaban J connectivity index is 0.935. The minimum absolute atomic E-state index is 0.169. The van der Waals surface area contributed by atoms with Crippen molar-refractivity contribution in [3.8, 4) is 17.1 Å². The predicted molar refractivity (Wildman–Crippen MR) is 273 cm³/mol. The lowest BCUT2D eigenvalue weighted by Crippen LogP contribution is -2.53. The molecule has 368 valence electrons. The number of likely N-dealkylation sites (N-methyl/N-ethyl adjacent to an activating group) is 1. The zero-order valence-corrected chi connectivity index (χ0v) is 41.2. The van der Waals surface area contributed by atoms with Crippen LogP contribution >= 0.6 is 0 Å². The van der Waals surface area contributed by atoms with Gasteiger partial charge in [0.1, 0.15) is 18.2 Å². The van der Waals surface area contributed by atoms with E-state index < -0.39 is 0 Å². The molecule has 0 spiro atoms. The molecule has 3 N–H and O–H groups in total. The lowest BCUT2D eigenvalue weighted by atomic mass is 9.93. The summed E-state index contributed by atoms with van der Waals surface area (Å²) < 4.78 is 18.2. The van der Waals surface area contributed by atoms with Crippen LogP contribution in [0, 0.1) is 0 Å². The molecule has 0 bridgehead atoms. The van der Waals surface area contributed by atoms with E-state index in [1.807, 2.05) is 0 Å². The van der Waals surface area contributed by atoms with Gasteiger partial charge in [-0.1, -0.05) is 6.92 Å². The van der Waals surface area contributed by atoms with E-state index in [0.29, 0.717) is 12.6 Å². The number of hydrogen-bond acceptors (Lipinski definition) is 15. The molecule has 2 unspecified atom stereocenters. The second kappa shape index (κ2) is 23.2. The molecule has 7 aliphatic rings. The van der Waals surface area contributed by atoms with Gasteiger partial charge in [-0.2, -0.15) is 0 Å². The van der Waals surface area contributed by atoms with Crippen molar-refractivity contribution in [1.29, 1.82) is 0 Å². The average molecular weight is 931 g/mol. The molecular weight excluding hydrogens is 853 g/mol. The molecule has 5 fully saturated rings. The van der Waals surface area contributed by atoms with Gasteiger partial charge < -0.3 is 44.9 Å². The van der Waals surface area contributed by atoms with E-state index in [4.69, 9.17) is 29.2 Å². The quantitative estimate of drug-likeness (QED) is 0.162. The van der Waals surface area contributed by atoms with Crippen molar-refractivity contribution >= 4 is 22.9 Å². The maximum atomic E-state index is 6.90. The van der Waals surface area contributed by atoms with Crippen LogP contribution in [0.2, 0.25) is 0 Å². The second-order valence-electron chi connectivity index (χ2n) is 19.8.